The van der Waals surface area contributed by atoms with Crippen molar-refractivity contribution in [2.45, 2.75) is 64.2 Å². The molecule has 2 N–H and O–H groups in total. The molecule has 0 spiro atoms. The van der Waals surface area contributed by atoms with E-state index in [0.29, 0.717) is 6.42 Å². The summed E-state index contributed by atoms with van der Waals surface area (Å²) in [6.07, 6.45) is 0.822. The molecule has 2 rings (SSSR count). The second-order valence-electron chi connectivity index (χ2n) is 8.09. The summed E-state index contributed by atoms with van der Waals surface area (Å²) < 4.78 is 14.3. The molecule has 24 heavy (non-hydrogen) atoms. The van der Waals surface area contributed by atoms with E-state index < -0.39 is 29.0 Å². The normalized spacial score (nSPS) is 35.5. The van der Waals surface area contributed by atoms with Gasteiger partial charge in [-0.25, -0.2) is 4.39 Å². The van der Waals surface area contributed by atoms with Gasteiger partial charge in [0.2, 0.25) is 11.8 Å². The van der Waals surface area contributed by atoms with E-state index in [-0.39, 0.29) is 36.5 Å². The van der Waals surface area contributed by atoms with Crippen molar-refractivity contribution in [2.75, 3.05) is 0 Å². The van der Waals surface area contributed by atoms with Crippen molar-refractivity contribution in [2.24, 2.45) is 17.8 Å². The number of alkyl halides is 1. The maximum atomic E-state index is 14.3. The maximum Gasteiger partial charge on any atom is 0.246 e. The summed E-state index contributed by atoms with van der Waals surface area (Å²) >= 11 is 0. The molecule has 5 nitrogen and oxygen atoms in total. The number of ketones is 1. The number of nitrogens with one attached hydrogen (secondary N) is 2. The monoisotopic (exact) mass is 338 g/mol. The van der Waals surface area contributed by atoms with Crippen molar-refractivity contribution in [3.63, 3.8) is 0 Å². The van der Waals surface area contributed by atoms with E-state index in [2.05, 4.69) is 17.2 Å². The Kier molecular flexibility index (Phi) is 4.88. The highest BCUT2D eigenvalue weighted by atomic mass is 19.1. The fourth-order valence-electron chi connectivity index (χ4n) is 4.32. The van der Waals surface area contributed by atoms with Gasteiger partial charge in [-0.15, -0.1) is 6.58 Å². The van der Waals surface area contributed by atoms with E-state index in [9.17, 15) is 18.8 Å². The first kappa shape index (κ1) is 18.6. The molecule has 0 saturated heterocycles. The largest absolute Gasteiger partial charge is 0.349 e. The molecular weight excluding hydrogens is 311 g/mol. The zero-order valence-electron chi connectivity index (χ0n) is 14.8. The Hall–Kier alpha value is -1.72. The molecule has 2 fully saturated rings. The van der Waals surface area contributed by atoms with Gasteiger partial charge in [-0.1, -0.05) is 6.08 Å². The molecule has 0 aromatic carbocycles. The van der Waals surface area contributed by atoms with E-state index in [1.165, 1.54) is 6.92 Å². The first-order valence-corrected chi connectivity index (χ1v) is 8.41. The molecule has 0 aromatic rings. The molecule has 2 amide bonds. The summed E-state index contributed by atoms with van der Waals surface area (Å²) in [4.78, 5) is 36.6. The van der Waals surface area contributed by atoms with Crippen LogP contribution >= 0.6 is 0 Å². The van der Waals surface area contributed by atoms with Gasteiger partial charge in [0.05, 0.1) is 0 Å². The molecule has 0 heterocycles. The summed E-state index contributed by atoms with van der Waals surface area (Å²) in [7, 11) is 0. The smallest absolute Gasteiger partial charge is 0.246 e. The maximum absolute atomic E-state index is 14.3. The van der Waals surface area contributed by atoms with Gasteiger partial charge in [0.1, 0.15) is 5.54 Å². The number of fused-ring (bicyclic) bond motifs is 1. The highest BCUT2D eigenvalue weighted by molar-refractivity contribution is 5.94. The molecule has 0 unspecified atom stereocenters. The minimum atomic E-state index is -1.56. The summed E-state index contributed by atoms with van der Waals surface area (Å²) in [5, 5.41) is 5.72. The molecule has 5 atom stereocenters. The predicted octanol–water partition coefficient (Wildman–Crippen LogP) is 1.92. The van der Waals surface area contributed by atoms with E-state index in [1.807, 2.05) is 20.8 Å². The molecule has 134 valence electrons. The minimum Gasteiger partial charge on any atom is -0.349 e. The molecule has 0 aromatic heterocycles. The van der Waals surface area contributed by atoms with Gasteiger partial charge in [-0.05, 0) is 45.4 Å². The van der Waals surface area contributed by atoms with Crippen LogP contribution in [0.4, 0.5) is 4.39 Å². The van der Waals surface area contributed by atoms with Crippen LogP contribution < -0.4 is 10.6 Å². The van der Waals surface area contributed by atoms with Gasteiger partial charge in [0.15, 0.2) is 12.0 Å². The highest BCUT2D eigenvalue weighted by Gasteiger charge is 2.63. The van der Waals surface area contributed by atoms with Crippen LogP contribution in [-0.4, -0.2) is 34.8 Å². The predicted molar refractivity (Wildman–Crippen MR) is 88.9 cm³/mol. The Labute approximate surface area is 142 Å². The summed E-state index contributed by atoms with van der Waals surface area (Å²) in [5.41, 5.74) is -1.68. The SMILES string of the molecule is C=CC[C@H]1[C@@H]2CC(=O)[C@@H](F)[C@@H]2C[C@@]1(NC(C)=O)C(=O)NC(C)(C)C. The zero-order chi connectivity index (χ0) is 18.3. The number of carbonyl (C=O) groups is 3. The summed E-state index contributed by atoms with van der Waals surface area (Å²) in [6, 6.07) is 0. The second-order valence-corrected chi connectivity index (χ2v) is 8.09. The van der Waals surface area contributed by atoms with E-state index in [0.717, 1.165) is 0 Å². The van der Waals surface area contributed by atoms with Crippen molar-refractivity contribution >= 4 is 17.6 Å². The number of carbonyl (C=O) groups excluding carboxylic acids is 3. The lowest BCUT2D eigenvalue weighted by atomic mass is 9.78. The lowest BCUT2D eigenvalue weighted by Crippen LogP contribution is -2.64. The zero-order valence-corrected chi connectivity index (χ0v) is 14.8. The van der Waals surface area contributed by atoms with Crippen molar-refractivity contribution < 1.29 is 18.8 Å². The van der Waals surface area contributed by atoms with Crippen LogP contribution in [0.25, 0.3) is 0 Å². The molecule has 2 saturated carbocycles. The Morgan fingerprint density at radius 3 is 2.50 bits per heavy atom. The Bertz CT molecular complexity index is 569. The van der Waals surface area contributed by atoms with Crippen LogP contribution in [0.5, 0.6) is 0 Å². The Morgan fingerprint density at radius 2 is 2.00 bits per heavy atom. The molecule has 2 aliphatic rings. The van der Waals surface area contributed by atoms with E-state index >= 15 is 0 Å². The number of Topliss-reactive ketones (excluding diaryl/α,β-unsaturated/α-hetero) is 1. The lowest BCUT2D eigenvalue weighted by molar-refractivity contribution is -0.136. The van der Waals surface area contributed by atoms with Gasteiger partial charge in [0, 0.05) is 24.8 Å². The molecule has 2 aliphatic carbocycles. The number of hydrogen-bond donors (Lipinski definition) is 2. The van der Waals surface area contributed by atoms with Crippen LogP contribution in [0, 0.1) is 17.8 Å². The van der Waals surface area contributed by atoms with Crippen LogP contribution in [-0.2, 0) is 14.4 Å². The van der Waals surface area contributed by atoms with Crippen LogP contribution in [0.2, 0.25) is 0 Å². The van der Waals surface area contributed by atoms with Crippen LogP contribution in [0.15, 0.2) is 12.7 Å². The van der Waals surface area contributed by atoms with Gasteiger partial charge in [0.25, 0.3) is 0 Å². The third-order valence-corrected chi connectivity index (χ3v) is 5.09. The topological polar surface area (TPSA) is 75.3 Å². The number of allylic oxidation sites excluding steroid dienone is 1. The van der Waals surface area contributed by atoms with Gasteiger partial charge in [-0.2, -0.15) is 0 Å². The average molecular weight is 338 g/mol. The van der Waals surface area contributed by atoms with Crippen LogP contribution in [0.3, 0.4) is 0 Å². The summed E-state index contributed by atoms with van der Waals surface area (Å²) in [5.74, 6) is -2.16. The van der Waals surface area contributed by atoms with Gasteiger partial charge in [-0.3, -0.25) is 14.4 Å². The Balaban J connectivity index is 2.44. The van der Waals surface area contributed by atoms with Gasteiger partial charge < -0.3 is 10.6 Å². The molecule has 6 heteroatoms. The number of halogens is 1. The van der Waals surface area contributed by atoms with E-state index in [4.69, 9.17) is 0 Å². The van der Waals surface area contributed by atoms with Crippen molar-refractivity contribution in [1.82, 2.24) is 10.6 Å². The molecule has 0 radical (unpaired) electrons. The number of amides is 2. The average Bonchev–Trinajstić information content (AvgIpc) is 2.85. The fourth-order valence-corrected chi connectivity index (χ4v) is 4.32. The number of hydrogen-bond acceptors (Lipinski definition) is 3. The molecular formula is C18H27FN2O3. The minimum absolute atomic E-state index is 0.120. The second kappa shape index (κ2) is 6.30. The van der Waals surface area contributed by atoms with E-state index in [1.54, 1.807) is 6.08 Å². The van der Waals surface area contributed by atoms with Crippen molar-refractivity contribution in [1.29, 1.82) is 0 Å². The van der Waals surface area contributed by atoms with Crippen molar-refractivity contribution in [3.05, 3.63) is 12.7 Å². The first-order valence-electron chi connectivity index (χ1n) is 8.41. The standard InChI is InChI=1S/C18H27FN2O3/c1-6-7-13-11-8-14(23)15(19)12(11)9-18(13,20-10(2)22)16(24)21-17(3,4)5/h6,11-13,15H,1,7-9H2,2-5H3,(H,20,22)(H,21,24)/t11-,12-,13+,15+,18+/m1/s1. The quantitative estimate of drug-likeness (QED) is 0.769. The third kappa shape index (κ3) is 3.23. The summed E-state index contributed by atoms with van der Waals surface area (Å²) in [6.45, 7) is 10.6. The van der Waals surface area contributed by atoms with Crippen LogP contribution in [0.1, 0.15) is 47.0 Å². The van der Waals surface area contributed by atoms with Gasteiger partial charge >= 0.3 is 0 Å². The third-order valence-electron chi connectivity index (χ3n) is 5.09. The highest BCUT2D eigenvalue weighted by Crippen LogP contribution is 2.54. The Morgan fingerprint density at radius 1 is 1.38 bits per heavy atom. The fraction of sp³-hybridized carbons (Fsp3) is 0.722. The molecule has 0 aliphatic heterocycles. The van der Waals surface area contributed by atoms with Crippen molar-refractivity contribution in [3.8, 4) is 0 Å². The first-order chi connectivity index (χ1) is 11.0. The lowest BCUT2D eigenvalue weighted by Gasteiger charge is -2.38. The number of rotatable bonds is 4. The molecule has 0 bridgehead atoms.